The molecule has 0 amide bonds. The Balaban J connectivity index is 2.11. The van der Waals surface area contributed by atoms with Crippen LogP contribution in [0.25, 0.3) is 0 Å². The second-order valence-corrected chi connectivity index (χ2v) is 2.72. The van der Waals surface area contributed by atoms with Gasteiger partial charge in [-0.2, -0.15) is 0 Å². The van der Waals surface area contributed by atoms with Crippen LogP contribution in [-0.4, -0.2) is 7.11 Å². The van der Waals surface area contributed by atoms with Gasteiger partial charge in [0.1, 0.15) is 12.0 Å². The summed E-state index contributed by atoms with van der Waals surface area (Å²) in [6.07, 6.45) is 1.50. The smallest absolute Gasteiger partial charge is 0.293 e. The molecular weight excluding hydrogens is 180 g/mol. The van der Waals surface area contributed by atoms with E-state index in [1.54, 1.807) is 13.2 Å². The summed E-state index contributed by atoms with van der Waals surface area (Å²) >= 11 is 0. The number of methoxy groups -OCH3 is 1. The van der Waals surface area contributed by atoms with Crippen LogP contribution in [-0.2, 0) is 0 Å². The lowest BCUT2D eigenvalue weighted by atomic mass is 10.3. The number of furan rings is 1. The standard InChI is InChI=1S/C11H10O3/c1-12-10-7-11(13-8-10)14-9-5-3-2-4-6-9/h2-8H,1H3. The normalized spacial score (nSPS) is 9.79. The van der Waals surface area contributed by atoms with Crippen LogP contribution in [0.5, 0.6) is 17.4 Å². The molecule has 0 radical (unpaired) electrons. The Morgan fingerprint density at radius 3 is 2.50 bits per heavy atom. The second-order valence-electron chi connectivity index (χ2n) is 2.72. The largest absolute Gasteiger partial charge is 0.493 e. The molecule has 0 unspecified atom stereocenters. The van der Waals surface area contributed by atoms with E-state index in [-0.39, 0.29) is 0 Å². The first kappa shape index (κ1) is 8.69. The first-order valence-corrected chi connectivity index (χ1v) is 4.24. The van der Waals surface area contributed by atoms with Crippen LogP contribution in [0.15, 0.2) is 47.1 Å². The zero-order valence-corrected chi connectivity index (χ0v) is 7.77. The fourth-order valence-electron chi connectivity index (χ4n) is 1.07. The maximum atomic E-state index is 5.41. The van der Waals surface area contributed by atoms with Crippen molar-refractivity contribution in [2.75, 3.05) is 7.11 Å². The molecule has 0 aliphatic rings. The Kier molecular flexibility index (Phi) is 2.40. The predicted octanol–water partition coefficient (Wildman–Crippen LogP) is 3.08. The van der Waals surface area contributed by atoms with Gasteiger partial charge in [0, 0.05) is 0 Å². The van der Waals surface area contributed by atoms with Crippen molar-refractivity contribution in [1.82, 2.24) is 0 Å². The molecule has 2 rings (SSSR count). The molecule has 0 aliphatic carbocycles. The number of hydrogen-bond donors (Lipinski definition) is 0. The van der Waals surface area contributed by atoms with Crippen molar-refractivity contribution >= 4 is 0 Å². The summed E-state index contributed by atoms with van der Waals surface area (Å²) in [4.78, 5) is 0. The van der Waals surface area contributed by atoms with Gasteiger partial charge in [-0.1, -0.05) is 18.2 Å². The van der Waals surface area contributed by atoms with Crippen molar-refractivity contribution in [3.63, 3.8) is 0 Å². The van der Waals surface area contributed by atoms with E-state index in [0.717, 1.165) is 5.75 Å². The third-order valence-electron chi connectivity index (χ3n) is 1.75. The quantitative estimate of drug-likeness (QED) is 0.745. The van der Waals surface area contributed by atoms with Crippen molar-refractivity contribution in [1.29, 1.82) is 0 Å². The molecule has 2 aromatic rings. The van der Waals surface area contributed by atoms with Crippen LogP contribution in [0.4, 0.5) is 0 Å². The highest BCUT2D eigenvalue weighted by Crippen LogP contribution is 2.26. The molecule has 1 aromatic heterocycles. The van der Waals surface area contributed by atoms with Crippen LogP contribution in [0.1, 0.15) is 0 Å². The third kappa shape index (κ3) is 1.88. The second kappa shape index (κ2) is 3.87. The molecule has 0 N–H and O–H groups in total. The number of benzene rings is 1. The summed E-state index contributed by atoms with van der Waals surface area (Å²) in [6, 6.07) is 11.1. The van der Waals surface area contributed by atoms with Gasteiger partial charge in [-0.05, 0) is 12.1 Å². The van der Waals surface area contributed by atoms with Gasteiger partial charge in [0.25, 0.3) is 5.95 Å². The predicted molar refractivity (Wildman–Crippen MR) is 51.8 cm³/mol. The maximum absolute atomic E-state index is 5.41. The fraction of sp³-hybridized carbons (Fsp3) is 0.0909. The lowest BCUT2D eigenvalue weighted by Crippen LogP contribution is -1.80. The minimum atomic E-state index is 0.424. The number of para-hydroxylation sites is 1. The molecule has 3 nitrogen and oxygen atoms in total. The lowest BCUT2D eigenvalue weighted by Gasteiger charge is -1.99. The topological polar surface area (TPSA) is 31.6 Å². The van der Waals surface area contributed by atoms with Crippen LogP contribution < -0.4 is 9.47 Å². The molecule has 14 heavy (non-hydrogen) atoms. The highest BCUT2D eigenvalue weighted by molar-refractivity contribution is 5.29. The van der Waals surface area contributed by atoms with Crippen molar-refractivity contribution in [2.45, 2.75) is 0 Å². The van der Waals surface area contributed by atoms with Crippen molar-refractivity contribution < 1.29 is 13.9 Å². The van der Waals surface area contributed by atoms with Gasteiger partial charge in [-0.3, -0.25) is 0 Å². The molecule has 3 heteroatoms. The van der Waals surface area contributed by atoms with E-state index in [1.807, 2.05) is 30.3 Å². The van der Waals surface area contributed by atoms with E-state index in [2.05, 4.69) is 0 Å². The number of ether oxygens (including phenoxy) is 2. The maximum Gasteiger partial charge on any atom is 0.293 e. The molecule has 0 saturated heterocycles. The molecule has 1 heterocycles. The van der Waals surface area contributed by atoms with Gasteiger partial charge in [-0.15, -0.1) is 0 Å². The lowest BCUT2D eigenvalue weighted by molar-refractivity contribution is 0.344. The Labute approximate surface area is 81.9 Å². The Morgan fingerprint density at radius 2 is 1.86 bits per heavy atom. The monoisotopic (exact) mass is 190 g/mol. The van der Waals surface area contributed by atoms with Crippen LogP contribution in [0.2, 0.25) is 0 Å². The molecule has 0 spiro atoms. The Morgan fingerprint density at radius 1 is 1.07 bits per heavy atom. The van der Waals surface area contributed by atoms with Gasteiger partial charge < -0.3 is 13.9 Å². The average molecular weight is 190 g/mol. The molecule has 0 bridgehead atoms. The van der Waals surface area contributed by atoms with Crippen LogP contribution >= 0.6 is 0 Å². The molecular formula is C11H10O3. The van der Waals surface area contributed by atoms with Crippen molar-refractivity contribution in [3.05, 3.63) is 42.7 Å². The Bertz CT molecular complexity index is 392. The van der Waals surface area contributed by atoms with Crippen molar-refractivity contribution in [2.24, 2.45) is 0 Å². The molecule has 72 valence electrons. The first-order valence-electron chi connectivity index (χ1n) is 4.24. The molecule has 0 aliphatic heterocycles. The molecule has 0 saturated carbocycles. The van der Waals surface area contributed by atoms with Crippen LogP contribution in [0.3, 0.4) is 0 Å². The van der Waals surface area contributed by atoms with E-state index in [1.165, 1.54) is 6.26 Å². The van der Waals surface area contributed by atoms with Crippen LogP contribution in [0, 0.1) is 0 Å². The Hall–Kier alpha value is -1.90. The summed E-state index contributed by atoms with van der Waals surface area (Å²) in [5.74, 6) is 1.81. The zero-order valence-electron chi connectivity index (χ0n) is 7.77. The minimum absolute atomic E-state index is 0.424. The summed E-state index contributed by atoms with van der Waals surface area (Å²) in [7, 11) is 1.58. The van der Waals surface area contributed by atoms with Crippen molar-refractivity contribution in [3.8, 4) is 17.4 Å². The van der Waals surface area contributed by atoms with E-state index >= 15 is 0 Å². The molecule has 0 atom stereocenters. The van der Waals surface area contributed by atoms with Gasteiger partial charge in [0.2, 0.25) is 0 Å². The highest BCUT2D eigenvalue weighted by atomic mass is 16.6. The molecule has 1 aromatic carbocycles. The number of rotatable bonds is 3. The zero-order chi connectivity index (χ0) is 9.80. The van der Waals surface area contributed by atoms with E-state index in [9.17, 15) is 0 Å². The van der Waals surface area contributed by atoms with E-state index < -0.39 is 0 Å². The highest BCUT2D eigenvalue weighted by Gasteiger charge is 2.02. The SMILES string of the molecule is COc1coc(Oc2ccccc2)c1. The number of hydrogen-bond acceptors (Lipinski definition) is 3. The average Bonchev–Trinajstić information content (AvgIpc) is 2.67. The van der Waals surface area contributed by atoms with E-state index in [0.29, 0.717) is 11.7 Å². The minimum Gasteiger partial charge on any atom is -0.493 e. The summed E-state index contributed by atoms with van der Waals surface area (Å²) in [6.45, 7) is 0. The van der Waals surface area contributed by atoms with Gasteiger partial charge in [0.05, 0.1) is 13.2 Å². The summed E-state index contributed by atoms with van der Waals surface area (Å²) < 4.78 is 15.5. The summed E-state index contributed by atoms with van der Waals surface area (Å²) in [5, 5.41) is 0. The van der Waals surface area contributed by atoms with Gasteiger partial charge >= 0.3 is 0 Å². The van der Waals surface area contributed by atoms with Gasteiger partial charge in [0.15, 0.2) is 5.75 Å². The fourth-order valence-corrected chi connectivity index (χ4v) is 1.07. The van der Waals surface area contributed by atoms with E-state index in [4.69, 9.17) is 13.9 Å². The van der Waals surface area contributed by atoms with Gasteiger partial charge in [-0.25, -0.2) is 0 Å². The first-order chi connectivity index (χ1) is 6.88. The third-order valence-corrected chi connectivity index (χ3v) is 1.75. The molecule has 0 fully saturated rings. The summed E-state index contributed by atoms with van der Waals surface area (Å²) in [5.41, 5.74) is 0.